The predicted molar refractivity (Wildman–Crippen MR) is 131 cm³/mol. The van der Waals surface area contributed by atoms with Gasteiger partial charge in [-0.3, -0.25) is 0 Å². The highest BCUT2D eigenvalue weighted by molar-refractivity contribution is 6.10. The normalized spacial score (nSPS) is 13.7. The Balaban J connectivity index is 1.70. The molecule has 0 aliphatic rings. The molecule has 0 radical (unpaired) electrons. The Kier molecular flexibility index (Phi) is 3.72. The Morgan fingerprint density at radius 1 is 0.871 bits per heavy atom. The summed E-state index contributed by atoms with van der Waals surface area (Å²) in [7, 11) is 0. The van der Waals surface area contributed by atoms with Gasteiger partial charge in [0.2, 0.25) is 0 Å². The molecule has 0 N–H and O–H groups in total. The molecule has 0 spiro atoms. The Bertz CT molecular complexity index is 1630. The van der Waals surface area contributed by atoms with Crippen molar-refractivity contribution < 1.29 is 6.85 Å². The van der Waals surface area contributed by atoms with Gasteiger partial charge in [-0.15, -0.1) is 0 Å². The van der Waals surface area contributed by atoms with E-state index in [2.05, 4.69) is 48.9 Å². The molecule has 0 amide bonds. The average molecular weight is 408 g/mol. The summed E-state index contributed by atoms with van der Waals surface area (Å²) >= 11 is 0. The quantitative estimate of drug-likeness (QED) is 0.286. The Labute approximate surface area is 190 Å². The van der Waals surface area contributed by atoms with Gasteiger partial charge in [0, 0.05) is 16.3 Å². The Hall–Kier alpha value is -3.52. The van der Waals surface area contributed by atoms with Crippen LogP contribution in [0, 0.1) is 12.8 Å². The highest BCUT2D eigenvalue weighted by Gasteiger charge is 2.13. The molecule has 0 unspecified atom stereocenters. The Morgan fingerprint density at radius 3 is 2.48 bits per heavy atom. The lowest BCUT2D eigenvalue weighted by molar-refractivity contribution is 0.647. The first-order valence-electron chi connectivity index (χ1n) is 13.0. The molecule has 31 heavy (non-hydrogen) atoms. The van der Waals surface area contributed by atoms with Crippen molar-refractivity contribution in [2.24, 2.45) is 5.92 Å². The summed E-state index contributed by atoms with van der Waals surface area (Å²) in [6, 6.07) is 14.4. The lowest BCUT2D eigenvalue weighted by Crippen LogP contribution is -1.96. The molecule has 2 heteroatoms. The topological polar surface area (TPSA) is 25.8 Å². The Morgan fingerprint density at radius 2 is 1.68 bits per heavy atom. The largest absolute Gasteiger partial charge is 0.236 e. The summed E-state index contributed by atoms with van der Waals surface area (Å²) in [4.78, 5) is 9.24. The number of aryl methyl sites for hydroxylation is 1. The van der Waals surface area contributed by atoms with E-state index in [1.54, 1.807) is 12.4 Å². The third kappa shape index (κ3) is 3.70. The second-order valence-corrected chi connectivity index (χ2v) is 8.37. The third-order valence-corrected chi connectivity index (χ3v) is 5.54. The molecule has 0 aliphatic heterocycles. The maximum atomic E-state index is 8.35. The van der Waals surface area contributed by atoms with Gasteiger partial charge >= 0.3 is 0 Å². The molecule has 5 aromatic rings. The minimum atomic E-state index is -0.398. The van der Waals surface area contributed by atoms with Crippen LogP contribution in [-0.4, -0.2) is 9.97 Å². The van der Waals surface area contributed by atoms with Crippen molar-refractivity contribution in [1.82, 2.24) is 9.97 Å². The molecule has 0 aliphatic carbocycles. The molecular weight excluding hydrogens is 376 g/mol. The number of rotatable bonds is 4. The fraction of sp³-hybridized carbons (Fsp3) is 0.172. The number of hydrogen-bond acceptors (Lipinski definition) is 2. The molecule has 0 fully saturated rings. The van der Waals surface area contributed by atoms with Gasteiger partial charge in [0.25, 0.3) is 0 Å². The molecule has 0 saturated carbocycles. The summed E-state index contributed by atoms with van der Waals surface area (Å²) in [6.45, 7) is 6.56. The fourth-order valence-electron chi connectivity index (χ4n) is 4.31. The molecule has 0 atom stereocenters. The first-order chi connectivity index (χ1) is 17.2. The molecule has 4 aromatic carbocycles. The van der Waals surface area contributed by atoms with Crippen LogP contribution in [0.4, 0.5) is 0 Å². The van der Waals surface area contributed by atoms with Gasteiger partial charge in [0.1, 0.15) is 6.33 Å². The summed E-state index contributed by atoms with van der Waals surface area (Å²) in [5, 5.41) is 3.16. The van der Waals surface area contributed by atoms with E-state index in [9.17, 15) is 0 Å². The molecule has 152 valence electrons. The van der Waals surface area contributed by atoms with Gasteiger partial charge < -0.3 is 0 Å². The molecule has 1 heterocycles. The molecule has 0 bridgehead atoms. The van der Waals surface area contributed by atoms with Gasteiger partial charge in [-0.1, -0.05) is 80.5 Å². The third-order valence-electron chi connectivity index (χ3n) is 5.54. The van der Waals surface area contributed by atoms with Gasteiger partial charge in [0.15, 0.2) is 0 Å². The zero-order chi connectivity index (χ0) is 25.7. The monoisotopic (exact) mass is 407 g/mol. The van der Waals surface area contributed by atoms with Crippen molar-refractivity contribution in [3.8, 4) is 22.4 Å². The van der Waals surface area contributed by atoms with E-state index in [1.165, 1.54) is 11.1 Å². The molecule has 2 nitrogen and oxygen atoms in total. The van der Waals surface area contributed by atoms with Crippen molar-refractivity contribution in [3.05, 3.63) is 96.2 Å². The van der Waals surface area contributed by atoms with E-state index in [4.69, 9.17) is 6.85 Å². The smallest absolute Gasteiger partial charge is 0.116 e. The number of benzene rings is 4. The van der Waals surface area contributed by atoms with Crippen LogP contribution in [0.3, 0.4) is 0 Å². The summed E-state index contributed by atoms with van der Waals surface area (Å²) < 4.78 is 40.7. The average Bonchev–Trinajstić information content (AvgIpc) is 2.85. The van der Waals surface area contributed by atoms with Crippen molar-refractivity contribution in [2.75, 3.05) is 0 Å². The lowest BCUT2D eigenvalue weighted by atomic mass is 9.94. The predicted octanol–water partition coefficient (Wildman–Crippen LogP) is 7.62. The first kappa shape index (κ1) is 14.5. The number of hydrogen-bond donors (Lipinski definition) is 0. The first-order valence-corrected chi connectivity index (χ1v) is 10.5. The SMILES string of the molecule is [2H]c1c([2H])c([2H])c(-c2cccc(-c3ncnc4c3ccc3cc(CC(C)C)cc(C)c34)c2)c([2H])c1[2H]. The van der Waals surface area contributed by atoms with Gasteiger partial charge in [-0.05, 0) is 59.0 Å². The molecule has 5 rings (SSSR count). The van der Waals surface area contributed by atoms with Crippen molar-refractivity contribution in [3.63, 3.8) is 0 Å². The minimum Gasteiger partial charge on any atom is -0.236 e. The minimum absolute atomic E-state index is 0.181. The van der Waals surface area contributed by atoms with Gasteiger partial charge in [0.05, 0.1) is 18.1 Å². The molecule has 0 saturated heterocycles. The number of fused-ring (bicyclic) bond motifs is 3. The van der Waals surface area contributed by atoms with Crippen molar-refractivity contribution >= 4 is 21.7 Å². The maximum absolute atomic E-state index is 8.35. The van der Waals surface area contributed by atoms with E-state index >= 15 is 0 Å². The summed E-state index contributed by atoms with van der Waals surface area (Å²) in [6.07, 6.45) is 2.59. The van der Waals surface area contributed by atoms with Crippen LogP contribution in [-0.2, 0) is 6.42 Å². The zero-order valence-electron chi connectivity index (χ0n) is 22.9. The van der Waals surface area contributed by atoms with E-state index in [0.29, 0.717) is 11.5 Å². The highest BCUT2D eigenvalue weighted by Crippen LogP contribution is 2.34. The van der Waals surface area contributed by atoms with Crippen LogP contribution in [0.1, 0.15) is 31.8 Å². The standard InChI is InChI=1S/C29H26N2/c1-19(2)14-21-15-20(3)27-24(16-21)12-13-26-28(30-18-31-29(26)27)25-11-7-10-23(17-25)22-8-5-4-6-9-22/h4-13,15-19H,14H2,1-3H3/i4D,5D,6D,8D,9D. The molecular formula is C29H26N2. The van der Waals surface area contributed by atoms with E-state index in [-0.39, 0.29) is 29.7 Å². The summed E-state index contributed by atoms with van der Waals surface area (Å²) in [5.74, 6) is 0.576. The van der Waals surface area contributed by atoms with E-state index < -0.39 is 6.04 Å². The van der Waals surface area contributed by atoms with Crippen LogP contribution < -0.4 is 0 Å². The van der Waals surface area contributed by atoms with Gasteiger partial charge in [-0.25, -0.2) is 9.97 Å². The zero-order valence-corrected chi connectivity index (χ0v) is 17.9. The van der Waals surface area contributed by atoms with Crippen LogP contribution in [0.5, 0.6) is 0 Å². The van der Waals surface area contributed by atoms with Crippen molar-refractivity contribution in [1.29, 1.82) is 0 Å². The van der Waals surface area contributed by atoms with Crippen LogP contribution in [0.25, 0.3) is 44.1 Å². The number of aromatic nitrogens is 2. The number of nitrogens with zero attached hydrogens (tertiary/aromatic N) is 2. The second kappa shape index (κ2) is 7.96. The van der Waals surface area contributed by atoms with Crippen LogP contribution in [0.15, 0.2) is 85.1 Å². The molecule has 1 aromatic heterocycles. The van der Waals surface area contributed by atoms with E-state index in [1.807, 2.05) is 24.3 Å². The second-order valence-electron chi connectivity index (χ2n) is 8.37. The van der Waals surface area contributed by atoms with E-state index in [0.717, 1.165) is 39.4 Å². The van der Waals surface area contributed by atoms with Crippen LogP contribution in [0.2, 0.25) is 0 Å². The fourth-order valence-corrected chi connectivity index (χ4v) is 4.31. The van der Waals surface area contributed by atoms with Crippen molar-refractivity contribution in [2.45, 2.75) is 27.2 Å². The lowest BCUT2D eigenvalue weighted by Gasteiger charge is -2.13. The van der Waals surface area contributed by atoms with Crippen LogP contribution >= 0.6 is 0 Å². The summed E-state index contributed by atoms with van der Waals surface area (Å²) in [5.41, 5.74) is 5.62. The maximum Gasteiger partial charge on any atom is 0.116 e. The van der Waals surface area contributed by atoms with Gasteiger partial charge in [-0.2, -0.15) is 0 Å². The highest BCUT2D eigenvalue weighted by atomic mass is 14.8.